The zero-order valence-electron chi connectivity index (χ0n) is 16.0. The first-order chi connectivity index (χ1) is 14.1. The molecule has 0 spiro atoms. The highest BCUT2D eigenvalue weighted by Gasteiger charge is 2.05. The zero-order valence-corrected chi connectivity index (χ0v) is 17.6. The molecule has 3 rings (SSSR count). The van der Waals surface area contributed by atoms with Crippen LogP contribution in [0, 0.1) is 6.92 Å². The fraction of sp³-hybridized carbons (Fsp3) is 0.130. The van der Waals surface area contributed by atoms with Crippen molar-refractivity contribution in [3.05, 3.63) is 94.0 Å². The zero-order chi connectivity index (χ0) is 20.5. The molecular weight excluding hydrogens is 432 g/mol. The van der Waals surface area contributed by atoms with E-state index in [4.69, 9.17) is 9.47 Å². The first-order valence-electron chi connectivity index (χ1n) is 9.08. The van der Waals surface area contributed by atoms with E-state index in [1.165, 1.54) is 0 Å². The molecule has 29 heavy (non-hydrogen) atoms. The number of benzene rings is 3. The molecule has 0 radical (unpaired) electrons. The van der Waals surface area contributed by atoms with E-state index >= 15 is 0 Å². The van der Waals surface area contributed by atoms with Gasteiger partial charge in [-0.05, 0) is 42.8 Å². The molecule has 0 aliphatic heterocycles. The van der Waals surface area contributed by atoms with Crippen LogP contribution >= 0.6 is 15.9 Å². The van der Waals surface area contributed by atoms with E-state index in [2.05, 4.69) is 26.5 Å². The summed E-state index contributed by atoms with van der Waals surface area (Å²) in [6, 6.07) is 23.0. The molecule has 0 aliphatic carbocycles. The number of hydrazone groups is 1. The van der Waals surface area contributed by atoms with Gasteiger partial charge >= 0.3 is 0 Å². The highest BCUT2D eigenvalue weighted by Crippen LogP contribution is 2.22. The summed E-state index contributed by atoms with van der Waals surface area (Å²) < 4.78 is 12.2. The lowest BCUT2D eigenvalue weighted by Gasteiger charge is -2.10. The van der Waals surface area contributed by atoms with Crippen molar-refractivity contribution in [2.24, 2.45) is 5.10 Å². The maximum atomic E-state index is 11.9. The van der Waals surface area contributed by atoms with Crippen LogP contribution in [0.5, 0.6) is 11.5 Å². The minimum Gasteiger partial charge on any atom is -0.488 e. The monoisotopic (exact) mass is 452 g/mol. The molecule has 1 N–H and O–H groups in total. The molecule has 148 valence electrons. The van der Waals surface area contributed by atoms with Crippen molar-refractivity contribution < 1.29 is 14.3 Å². The van der Waals surface area contributed by atoms with E-state index < -0.39 is 0 Å². The Bertz CT molecular complexity index is 973. The number of carbonyl (C=O) groups excluding carboxylic acids is 1. The molecule has 0 saturated heterocycles. The van der Waals surface area contributed by atoms with Gasteiger partial charge in [0, 0.05) is 10.0 Å². The third-order valence-electron chi connectivity index (χ3n) is 3.99. The molecular formula is C23H21BrN2O3. The standard InChI is InChI=1S/C23H21BrN2O3/c1-17-7-10-21(11-8-17)28-16-23(27)26-25-14-19-13-20(24)9-12-22(19)29-15-18-5-3-2-4-6-18/h2-14H,15-16H2,1H3,(H,26,27)/b25-14+. The van der Waals surface area contributed by atoms with Crippen LogP contribution in [0.1, 0.15) is 16.7 Å². The van der Waals surface area contributed by atoms with Gasteiger partial charge in [-0.2, -0.15) is 5.10 Å². The van der Waals surface area contributed by atoms with Crippen LogP contribution in [0.25, 0.3) is 0 Å². The van der Waals surface area contributed by atoms with Gasteiger partial charge in [0.25, 0.3) is 5.91 Å². The average molecular weight is 453 g/mol. The van der Waals surface area contributed by atoms with E-state index in [0.717, 1.165) is 21.2 Å². The van der Waals surface area contributed by atoms with Gasteiger partial charge in [0.2, 0.25) is 0 Å². The quantitative estimate of drug-likeness (QED) is 0.391. The molecule has 0 atom stereocenters. The van der Waals surface area contributed by atoms with Gasteiger partial charge in [0.15, 0.2) is 6.61 Å². The van der Waals surface area contributed by atoms with Gasteiger partial charge in [-0.25, -0.2) is 5.43 Å². The number of carbonyl (C=O) groups is 1. The summed E-state index contributed by atoms with van der Waals surface area (Å²) in [6.07, 6.45) is 1.55. The van der Waals surface area contributed by atoms with Gasteiger partial charge in [-0.15, -0.1) is 0 Å². The number of hydrogen-bond acceptors (Lipinski definition) is 4. The third-order valence-corrected chi connectivity index (χ3v) is 4.49. The molecule has 0 bridgehead atoms. The molecule has 0 unspecified atom stereocenters. The lowest BCUT2D eigenvalue weighted by atomic mass is 10.2. The number of halogens is 1. The molecule has 0 aliphatic rings. The second-order valence-corrected chi connectivity index (χ2v) is 7.27. The van der Waals surface area contributed by atoms with E-state index in [0.29, 0.717) is 18.1 Å². The minimum atomic E-state index is -0.344. The fourth-order valence-corrected chi connectivity index (χ4v) is 2.86. The lowest BCUT2D eigenvalue weighted by molar-refractivity contribution is -0.123. The number of rotatable bonds is 8. The minimum absolute atomic E-state index is 0.115. The summed E-state index contributed by atoms with van der Waals surface area (Å²) >= 11 is 3.44. The predicted molar refractivity (Wildman–Crippen MR) is 117 cm³/mol. The Morgan fingerprint density at radius 3 is 2.55 bits per heavy atom. The molecule has 3 aromatic rings. The summed E-state index contributed by atoms with van der Waals surface area (Å²) in [7, 11) is 0. The summed E-state index contributed by atoms with van der Waals surface area (Å²) in [5.74, 6) is 0.966. The van der Waals surface area contributed by atoms with Crippen LogP contribution < -0.4 is 14.9 Å². The molecule has 1 amide bonds. The molecule has 0 saturated carbocycles. The van der Waals surface area contributed by atoms with E-state index in [1.807, 2.05) is 79.7 Å². The number of aryl methyl sites for hydroxylation is 1. The van der Waals surface area contributed by atoms with Crippen LogP contribution in [-0.2, 0) is 11.4 Å². The fourth-order valence-electron chi connectivity index (χ4n) is 2.48. The SMILES string of the molecule is Cc1ccc(OCC(=O)N/N=C/c2cc(Br)ccc2OCc2ccccc2)cc1. The molecule has 0 heterocycles. The Kier molecular flexibility index (Phi) is 7.41. The summed E-state index contributed by atoms with van der Waals surface area (Å²) in [4.78, 5) is 11.9. The summed E-state index contributed by atoms with van der Waals surface area (Å²) in [6.45, 7) is 2.32. The molecule has 6 heteroatoms. The Balaban J connectivity index is 1.55. The smallest absolute Gasteiger partial charge is 0.277 e. The second-order valence-electron chi connectivity index (χ2n) is 6.35. The van der Waals surface area contributed by atoms with Crippen LogP contribution in [0.3, 0.4) is 0 Å². The maximum Gasteiger partial charge on any atom is 0.277 e. The van der Waals surface area contributed by atoms with Crippen LogP contribution in [0.4, 0.5) is 0 Å². The van der Waals surface area contributed by atoms with E-state index in [-0.39, 0.29) is 12.5 Å². The van der Waals surface area contributed by atoms with Gasteiger partial charge in [0.05, 0.1) is 6.21 Å². The number of hydrogen-bond donors (Lipinski definition) is 1. The average Bonchev–Trinajstić information content (AvgIpc) is 2.73. The van der Waals surface area contributed by atoms with Crippen molar-refractivity contribution >= 4 is 28.1 Å². The Morgan fingerprint density at radius 1 is 1.03 bits per heavy atom. The Labute approximate surface area is 178 Å². The van der Waals surface area contributed by atoms with Crippen LogP contribution in [0.15, 0.2) is 82.4 Å². The van der Waals surface area contributed by atoms with E-state index in [1.54, 1.807) is 6.21 Å². The van der Waals surface area contributed by atoms with Gasteiger partial charge in [-0.1, -0.05) is 64.0 Å². The molecule has 0 fully saturated rings. The molecule has 0 aromatic heterocycles. The van der Waals surface area contributed by atoms with Crippen LogP contribution in [-0.4, -0.2) is 18.7 Å². The summed E-state index contributed by atoms with van der Waals surface area (Å²) in [5, 5.41) is 4.02. The van der Waals surface area contributed by atoms with Crippen molar-refractivity contribution in [1.29, 1.82) is 0 Å². The van der Waals surface area contributed by atoms with Crippen molar-refractivity contribution in [3.8, 4) is 11.5 Å². The second kappa shape index (κ2) is 10.4. The van der Waals surface area contributed by atoms with E-state index in [9.17, 15) is 4.79 Å². The van der Waals surface area contributed by atoms with Gasteiger partial charge < -0.3 is 9.47 Å². The number of nitrogens with zero attached hydrogens (tertiary/aromatic N) is 1. The highest BCUT2D eigenvalue weighted by atomic mass is 79.9. The van der Waals surface area contributed by atoms with Crippen molar-refractivity contribution in [2.45, 2.75) is 13.5 Å². The van der Waals surface area contributed by atoms with Crippen LogP contribution in [0.2, 0.25) is 0 Å². The van der Waals surface area contributed by atoms with Crippen molar-refractivity contribution in [2.75, 3.05) is 6.61 Å². The molecule has 5 nitrogen and oxygen atoms in total. The number of amides is 1. The largest absolute Gasteiger partial charge is 0.488 e. The van der Waals surface area contributed by atoms with Crippen molar-refractivity contribution in [3.63, 3.8) is 0 Å². The van der Waals surface area contributed by atoms with Crippen molar-refractivity contribution in [1.82, 2.24) is 5.43 Å². The summed E-state index contributed by atoms with van der Waals surface area (Å²) in [5.41, 5.74) is 5.41. The Morgan fingerprint density at radius 2 is 1.79 bits per heavy atom. The van der Waals surface area contributed by atoms with Gasteiger partial charge in [-0.3, -0.25) is 4.79 Å². The normalized spacial score (nSPS) is 10.7. The van der Waals surface area contributed by atoms with Gasteiger partial charge in [0.1, 0.15) is 18.1 Å². The third kappa shape index (κ3) is 6.76. The Hall–Kier alpha value is -3.12. The lowest BCUT2D eigenvalue weighted by Crippen LogP contribution is -2.24. The first-order valence-corrected chi connectivity index (χ1v) is 9.87. The topological polar surface area (TPSA) is 59.9 Å². The maximum absolute atomic E-state index is 11.9. The molecule has 3 aromatic carbocycles. The predicted octanol–water partition coefficient (Wildman–Crippen LogP) is 4.87. The first kappa shape index (κ1) is 20.6. The highest BCUT2D eigenvalue weighted by molar-refractivity contribution is 9.10. The number of ether oxygens (including phenoxy) is 2. The number of nitrogens with one attached hydrogen (secondary N) is 1.